The molecule has 0 radical (unpaired) electrons. The number of carbonyl (C=O) groups is 1. The number of aromatic nitrogens is 3. The van der Waals surface area contributed by atoms with Crippen molar-refractivity contribution in [3.05, 3.63) is 30.1 Å². The van der Waals surface area contributed by atoms with E-state index in [0.717, 1.165) is 49.5 Å². The predicted octanol–water partition coefficient (Wildman–Crippen LogP) is 0.861. The molecule has 0 spiro atoms. The molecule has 136 valence electrons. The van der Waals surface area contributed by atoms with Gasteiger partial charge in [-0.25, -0.2) is 4.99 Å². The van der Waals surface area contributed by atoms with Crippen molar-refractivity contribution in [2.75, 3.05) is 32.1 Å². The Hall–Kier alpha value is -2.10. The second-order valence-corrected chi connectivity index (χ2v) is 7.20. The van der Waals surface area contributed by atoms with Gasteiger partial charge in [0.15, 0.2) is 5.16 Å². The lowest BCUT2D eigenvalue weighted by atomic mass is 9.97. The molecule has 2 aliphatic heterocycles. The number of amides is 1. The van der Waals surface area contributed by atoms with Crippen molar-refractivity contribution in [3.63, 3.8) is 0 Å². The fourth-order valence-electron chi connectivity index (χ4n) is 2.98. The van der Waals surface area contributed by atoms with Crippen LogP contribution in [0.5, 0.6) is 0 Å². The standard InChI is InChI=1S/C17H20N6O2S/c1-22-15(10-23-6-8-25-9-7-23)20-21-17(22)26-11-14-18-13-5-3-2-4-12(13)16(24)19-14/h2-5,12H,6-11H2,1H3. The topological polar surface area (TPSA) is 85.0 Å². The molecule has 3 aliphatic rings. The van der Waals surface area contributed by atoms with Crippen LogP contribution in [-0.4, -0.2) is 69.2 Å². The zero-order chi connectivity index (χ0) is 17.9. The first kappa shape index (κ1) is 17.3. The van der Waals surface area contributed by atoms with E-state index >= 15 is 0 Å². The second kappa shape index (κ2) is 7.65. The Morgan fingerprint density at radius 2 is 2.08 bits per heavy atom. The molecule has 1 aliphatic carbocycles. The van der Waals surface area contributed by atoms with Crippen molar-refractivity contribution in [2.45, 2.75) is 11.7 Å². The SMILES string of the molecule is Cn1c(CN2CCOCC2)nnc1SCC1=NC(=O)C2C=CC=CC2=N1. The average Bonchev–Trinajstić information content (AvgIpc) is 3.01. The summed E-state index contributed by atoms with van der Waals surface area (Å²) in [6, 6.07) is 0. The number of hydrogen-bond donors (Lipinski definition) is 0. The van der Waals surface area contributed by atoms with E-state index in [-0.39, 0.29) is 11.8 Å². The molecule has 0 bridgehead atoms. The van der Waals surface area contributed by atoms with Crippen LogP contribution in [0.3, 0.4) is 0 Å². The number of ether oxygens (including phenoxy) is 1. The summed E-state index contributed by atoms with van der Waals surface area (Å²) in [5.41, 5.74) is 0.758. The second-order valence-electron chi connectivity index (χ2n) is 6.26. The lowest BCUT2D eigenvalue weighted by Crippen LogP contribution is -2.36. The molecule has 1 amide bonds. The van der Waals surface area contributed by atoms with Crippen LogP contribution in [0.2, 0.25) is 0 Å². The molecule has 1 atom stereocenters. The molecule has 1 fully saturated rings. The number of allylic oxidation sites excluding steroid dienone is 3. The first-order valence-electron chi connectivity index (χ1n) is 8.57. The van der Waals surface area contributed by atoms with E-state index in [1.165, 1.54) is 11.8 Å². The van der Waals surface area contributed by atoms with Gasteiger partial charge in [-0.1, -0.05) is 30.0 Å². The largest absolute Gasteiger partial charge is 0.379 e. The van der Waals surface area contributed by atoms with Gasteiger partial charge < -0.3 is 9.30 Å². The number of morpholine rings is 1. The van der Waals surface area contributed by atoms with Gasteiger partial charge in [-0.15, -0.1) is 10.2 Å². The number of rotatable bonds is 5. The Morgan fingerprint density at radius 1 is 1.23 bits per heavy atom. The first-order valence-corrected chi connectivity index (χ1v) is 9.55. The zero-order valence-electron chi connectivity index (χ0n) is 14.5. The Morgan fingerprint density at radius 3 is 2.92 bits per heavy atom. The van der Waals surface area contributed by atoms with E-state index < -0.39 is 0 Å². The molecule has 0 N–H and O–H groups in total. The third kappa shape index (κ3) is 3.69. The van der Waals surface area contributed by atoms with E-state index in [9.17, 15) is 4.79 Å². The Bertz CT molecular complexity index is 819. The summed E-state index contributed by atoms with van der Waals surface area (Å²) < 4.78 is 7.36. The number of nitrogens with zero attached hydrogens (tertiary/aromatic N) is 6. The van der Waals surface area contributed by atoms with Crippen LogP contribution < -0.4 is 0 Å². The van der Waals surface area contributed by atoms with E-state index in [2.05, 4.69) is 25.1 Å². The third-order valence-corrected chi connectivity index (χ3v) is 5.50. The van der Waals surface area contributed by atoms with Crippen molar-refractivity contribution in [2.24, 2.45) is 23.0 Å². The molecule has 1 aromatic heterocycles. The minimum atomic E-state index is -0.330. The molecule has 26 heavy (non-hydrogen) atoms. The van der Waals surface area contributed by atoms with Gasteiger partial charge in [0.2, 0.25) is 0 Å². The highest BCUT2D eigenvalue weighted by atomic mass is 32.2. The Labute approximate surface area is 155 Å². The Kier molecular flexibility index (Phi) is 5.09. The summed E-state index contributed by atoms with van der Waals surface area (Å²) in [7, 11) is 1.96. The fraction of sp³-hybridized carbons (Fsp3) is 0.471. The molecule has 1 unspecified atom stereocenters. The fourth-order valence-corrected chi connectivity index (χ4v) is 3.76. The molecular weight excluding hydrogens is 352 g/mol. The minimum absolute atomic E-state index is 0.155. The smallest absolute Gasteiger partial charge is 0.260 e. The van der Waals surface area contributed by atoms with Crippen LogP contribution in [0.15, 0.2) is 39.4 Å². The number of hydrogen-bond acceptors (Lipinski definition) is 7. The van der Waals surface area contributed by atoms with Crippen molar-refractivity contribution in [1.29, 1.82) is 0 Å². The lowest BCUT2D eigenvalue weighted by molar-refractivity contribution is -0.118. The number of aliphatic imine (C=N–C) groups is 2. The van der Waals surface area contributed by atoms with Crippen LogP contribution in [0.4, 0.5) is 0 Å². The van der Waals surface area contributed by atoms with Crippen molar-refractivity contribution in [3.8, 4) is 0 Å². The van der Waals surface area contributed by atoms with Gasteiger partial charge in [0, 0.05) is 20.1 Å². The van der Waals surface area contributed by atoms with Gasteiger partial charge in [0.25, 0.3) is 5.91 Å². The predicted molar refractivity (Wildman–Crippen MR) is 99.5 cm³/mol. The van der Waals surface area contributed by atoms with Gasteiger partial charge in [-0.2, -0.15) is 4.99 Å². The van der Waals surface area contributed by atoms with Gasteiger partial charge in [0.1, 0.15) is 17.6 Å². The maximum absolute atomic E-state index is 12.1. The van der Waals surface area contributed by atoms with Crippen LogP contribution in [0.25, 0.3) is 0 Å². The minimum Gasteiger partial charge on any atom is -0.379 e. The van der Waals surface area contributed by atoms with E-state index in [4.69, 9.17) is 4.74 Å². The molecule has 9 heteroatoms. The van der Waals surface area contributed by atoms with Gasteiger partial charge in [-0.3, -0.25) is 9.69 Å². The summed E-state index contributed by atoms with van der Waals surface area (Å²) in [6.07, 6.45) is 7.44. The summed E-state index contributed by atoms with van der Waals surface area (Å²) in [5, 5.41) is 9.37. The van der Waals surface area contributed by atoms with Crippen LogP contribution >= 0.6 is 11.8 Å². The van der Waals surface area contributed by atoms with Gasteiger partial charge >= 0.3 is 0 Å². The summed E-state index contributed by atoms with van der Waals surface area (Å²) in [5.74, 6) is 1.45. The molecule has 1 aromatic rings. The molecule has 0 aromatic carbocycles. The van der Waals surface area contributed by atoms with Crippen LogP contribution in [0.1, 0.15) is 5.82 Å². The quantitative estimate of drug-likeness (QED) is 0.713. The number of fused-ring (bicyclic) bond motifs is 1. The third-order valence-electron chi connectivity index (χ3n) is 4.49. The summed E-state index contributed by atoms with van der Waals surface area (Å²) in [4.78, 5) is 23.1. The molecular formula is C17H20N6O2S. The monoisotopic (exact) mass is 372 g/mol. The summed E-state index contributed by atoms with van der Waals surface area (Å²) in [6.45, 7) is 4.11. The maximum Gasteiger partial charge on any atom is 0.260 e. The lowest BCUT2D eigenvalue weighted by Gasteiger charge is -2.25. The molecule has 8 nitrogen and oxygen atoms in total. The van der Waals surface area contributed by atoms with Crippen molar-refractivity contribution in [1.82, 2.24) is 19.7 Å². The van der Waals surface area contributed by atoms with Gasteiger partial charge in [-0.05, 0) is 6.08 Å². The van der Waals surface area contributed by atoms with Crippen LogP contribution in [-0.2, 0) is 23.1 Å². The molecule has 0 saturated carbocycles. The van der Waals surface area contributed by atoms with Crippen LogP contribution in [0, 0.1) is 5.92 Å². The average molecular weight is 372 g/mol. The maximum atomic E-state index is 12.1. The molecule has 4 rings (SSSR count). The number of thioether (sulfide) groups is 1. The van der Waals surface area contributed by atoms with Gasteiger partial charge in [0.05, 0.1) is 31.2 Å². The molecule has 1 saturated heterocycles. The van der Waals surface area contributed by atoms with E-state index in [1.54, 1.807) is 0 Å². The summed E-state index contributed by atoms with van der Waals surface area (Å²) >= 11 is 1.49. The van der Waals surface area contributed by atoms with E-state index in [1.807, 2.05) is 35.9 Å². The highest BCUT2D eigenvalue weighted by Gasteiger charge is 2.26. The zero-order valence-corrected chi connectivity index (χ0v) is 15.4. The highest BCUT2D eigenvalue weighted by molar-refractivity contribution is 7.99. The van der Waals surface area contributed by atoms with Crippen molar-refractivity contribution < 1.29 is 9.53 Å². The van der Waals surface area contributed by atoms with Crippen molar-refractivity contribution >= 4 is 29.2 Å². The highest BCUT2D eigenvalue weighted by Crippen LogP contribution is 2.21. The normalized spacial score (nSPS) is 23.0. The van der Waals surface area contributed by atoms with E-state index in [0.29, 0.717) is 11.6 Å². The number of carbonyl (C=O) groups excluding carboxylic acids is 1. The number of amidine groups is 1. The molecule has 3 heterocycles. The Balaban J connectivity index is 1.39. The first-order chi connectivity index (χ1) is 12.7.